The number of carbonyl (C=O) groups is 2. The molecule has 4 nitrogen and oxygen atoms in total. The molecule has 1 heterocycles. The second-order valence-corrected chi connectivity index (χ2v) is 16.6. The number of urea groups is 1. The van der Waals surface area contributed by atoms with Crippen LogP contribution in [-0.2, 0) is 4.79 Å². The van der Waals surface area contributed by atoms with Crippen molar-refractivity contribution in [1.29, 1.82) is 0 Å². The molecule has 21 heavy (non-hydrogen) atoms. The van der Waals surface area contributed by atoms with Gasteiger partial charge >= 0.3 is 6.03 Å². The van der Waals surface area contributed by atoms with E-state index in [1.54, 1.807) is 4.31 Å². The van der Waals surface area contributed by atoms with E-state index in [0.29, 0.717) is 0 Å². The Bertz CT molecular complexity index is 459. The SMILES string of the molecule is CC(C)(C)S(C)(C)N1CC(=O)N(S(C)(C)C(C)(C)C)C1=O. The first kappa shape index (κ1) is 18.7. The molecule has 0 saturated carbocycles. The van der Waals surface area contributed by atoms with E-state index in [2.05, 4.69) is 66.6 Å². The number of imide groups is 1. The third kappa shape index (κ3) is 2.93. The van der Waals surface area contributed by atoms with Gasteiger partial charge in [-0.3, -0.25) is 9.10 Å². The molecule has 1 aliphatic heterocycles. The molecule has 6 heteroatoms. The summed E-state index contributed by atoms with van der Waals surface area (Å²) >= 11 is 0. The maximum atomic E-state index is 13.0. The molecule has 0 aromatic rings. The van der Waals surface area contributed by atoms with Crippen molar-refractivity contribution in [2.24, 2.45) is 0 Å². The Balaban J connectivity index is 3.24. The van der Waals surface area contributed by atoms with Crippen LogP contribution in [-0.4, -0.2) is 61.6 Å². The normalized spacial score (nSPS) is 20.3. The molecule has 0 radical (unpaired) electrons. The van der Waals surface area contributed by atoms with Crippen molar-refractivity contribution in [2.45, 2.75) is 51.0 Å². The van der Waals surface area contributed by atoms with Crippen LogP contribution in [0.5, 0.6) is 0 Å². The summed E-state index contributed by atoms with van der Waals surface area (Å²) in [5.74, 6) is -0.0419. The second-order valence-electron chi connectivity index (χ2n) is 8.28. The summed E-state index contributed by atoms with van der Waals surface area (Å²) in [6.07, 6.45) is 8.37. The van der Waals surface area contributed by atoms with E-state index < -0.39 is 20.4 Å². The number of rotatable bonds is 2. The highest BCUT2D eigenvalue weighted by Gasteiger charge is 2.51. The largest absolute Gasteiger partial charge is 0.344 e. The smallest absolute Gasteiger partial charge is 0.276 e. The first-order chi connectivity index (χ1) is 9.05. The van der Waals surface area contributed by atoms with Crippen molar-refractivity contribution < 1.29 is 9.59 Å². The van der Waals surface area contributed by atoms with Crippen molar-refractivity contribution in [3.63, 3.8) is 0 Å². The van der Waals surface area contributed by atoms with Crippen LogP contribution in [0.25, 0.3) is 0 Å². The lowest BCUT2D eigenvalue weighted by Crippen LogP contribution is -2.44. The van der Waals surface area contributed by atoms with Gasteiger partial charge in [0.05, 0.1) is 0 Å². The topological polar surface area (TPSA) is 40.6 Å². The maximum Gasteiger partial charge on any atom is 0.344 e. The lowest BCUT2D eigenvalue weighted by atomic mass is 10.3. The van der Waals surface area contributed by atoms with Gasteiger partial charge in [0.25, 0.3) is 5.91 Å². The molecular weight excluding hydrogens is 304 g/mol. The molecule has 0 atom stereocenters. The third-order valence-corrected chi connectivity index (χ3v) is 13.6. The Morgan fingerprint density at radius 1 is 0.810 bits per heavy atom. The Labute approximate surface area is 133 Å². The Morgan fingerprint density at radius 3 is 1.52 bits per heavy atom. The molecule has 0 bridgehead atoms. The average molecular weight is 337 g/mol. The van der Waals surface area contributed by atoms with Crippen LogP contribution in [0.4, 0.5) is 4.79 Å². The molecule has 1 fully saturated rings. The van der Waals surface area contributed by atoms with Gasteiger partial charge < -0.3 is 0 Å². The predicted octanol–water partition coefficient (Wildman–Crippen LogP) is 3.81. The number of amides is 3. The highest BCUT2D eigenvalue weighted by molar-refractivity contribution is 8.33. The Morgan fingerprint density at radius 2 is 1.19 bits per heavy atom. The fourth-order valence-electron chi connectivity index (χ4n) is 1.87. The fourth-order valence-corrected chi connectivity index (χ4v) is 5.10. The molecule has 1 saturated heterocycles. The van der Waals surface area contributed by atoms with Gasteiger partial charge in [-0.25, -0.2) is 9.10 Å². The zero-order valence-corrected chi connectivity index (χ0v) is 16.9. The first-order valence-corrected chi connectivity index (χ1v) is 12.0. The molecule has 0 aromatic heterocycles. The maximum absolute atomic E-state index is 13.0. The summed E-state index contributed by atoms with van der Waals surface area (Å²) in [5, 5.41) is 0. The molecule has 0 aliphatic carbocycles. The molecule has 0 aromatic carbocycles. The number of hydrogen-bond donors (Lipinski definition) is 0. The molecule has 1 rings (SSSR count). The van der Waals surface area contributed by atoms with Gasteiger partial charge in [-0.2, -0.15) is 20.4 Å². The summed E-state index contributed by atoms with van der Waals surface area (Å²) in [5.41, 5.74) is 0. The van der Waals surface area contributed by atoms with E-state index in [9.17, 15) is 9.59 Å². The van der Waals surface area contributed by atoms with Gasteiger partial charge in [0, 0.05) is 9.49 Å². The van der Waals surface area contributed by atoms with Crippen LogP contribution < -0.4 is 0 Å². The van der Waals surface area contributed by atoms with Gasteiger partial charge in [0.15, 0.2) is 0 Å². The predicted molar refractivity (Wildman–Crippen MR) is 97.3 cm³/mol. The highest BCUT2D eigenvalue weighted by atomic mass is 32.3. The van der Waals surface area contributed by atoms with Crippen molar-refractivity contribution in [3.8, 4) is 0 Å². The number of hydrogen-bond acceptors (Lipinski definition) is 2. The summed E-state index contributed by atoms with van der Waals surface area (Å²) in [4.78, 5) is 25.5. The zero-order chi connectivity index (χ0) is 17.0. The molecule has 1 aliphatic rings. The van der Waals surface area contributed by atoms with Gasteiger partial charge in [0.2, 0.25) is 0 Å². The molecule has 3 amide bonds. The molecular formula is C15H32N2O2S2. The van der Waals surface area contributed by atoms with Crippen molar-refractivity contribution in [2.75, 3.05) is 31.6 Å². The van der Waals surface area contributed by atoms with Crippen LogP contribution in [0.15, 0.2) is 0 Å². The lowest BCUT2D eigenvalue weighted by Gasteiger charge is -2.52. The molecule has 0 unspecified atom stereocenters. The van der Waals surface area contributed by atoms with Crippen LogP contribution in [0.1, 0.15) is 41.5 Å². The van der Waals surface area contributed by atoms with Gasteiger partial charge in [-0.1, -0.05) is 41.5 Å². The van der Waals surface area contributed by atoms with Crippen molar-refractivity contribution >= 4 is 32.4 Å². The van der Waals surface area contributed by atoms with Gasteiger partial charge in [-0.15, -0.1) is 0 Å². The van der Waals surface area contributed by atoms with Crippen LogP contribution in [0.3, 0.4) is 0 Å². The minimum Gasteiger partial charge on any atom is -0.276 e. The van der Waals surface area contributed by atoms with Crippen molar-refractivity contribution in [1.82, 2.24) is 8.61 Å². The van der Waals surface area contributed by atoms with Crippen LogP contribution >= 0.6 is 20.4 Å². The first-order valence-electron chi connectivity index (χ1n) is 7.16. The second kappa shape index (κ2) is 5.08. The van der Waals surface area contributed by atoms with Crippen molar-refractivity contribution in [3.05, 3.63) is 0 Å². The van der Waals surface area contributed by atoms with E-state index in [-0.39, 0.29) is 28.0 Å². The van der Waals surface area contributed by atoms with E-state index in [1.165, 1.54) is 0 Å². The Hall–Kier alpha value is -0.360. The van der Waals surface area contributed by atoms with E-state index in [0.717, 1.165) is 0 Å². The molecule has 0 N–H and O–H groups in total. The summed E-state index contributed by atoms with van der Waals surface area (Å²) < 4.78 is 3.29. The van der Waals surface area contributed by atoms with E-state index in [4.69, 9.17) is 0 Å². The molecule has 126 valence electrons. The average Bonchev–Trinajstić information content (AvgIpc) is 2.51. The van der Waals surface area contributed by atoms with Crippen LogP contribution in [0, 0.1) is 0 Å². The summed E-state index contributed by atoms with van der Waals surface area (Å²) in [6.45, 7) is 13.0. The number of carbonyl (C=O) groups excluding carboxylic acids is 2. The zero-order valence-electron chi connectivity index (χ0n) is 15.2. The molecule has 0 spiro atoms. The number of nitrogens with zero attached hydrogens (tertiary/aromatic N) is 2. The van der Waals surface area contributed by atoms with Crippen LogP contribution in [0.2, 0.25) is 0 Å². The lowest BCUT2D eigenvalue weighted by molar-refractivity contribution is -0.121. The summed E-state index contributed by atoms with van der Waals surface area (Å²) in [7, 11) is -2.87. The monoisotopic (exact) mass is 336 g/mol. The van der Waals surface area contributed by atoms with E-state index >= 15 is 0 Å². The Kier molecular flexibility index (Phi) is 4.52. The van der Waals surface area contributed by atoms with Gasteiger partial charge in [0.1, 0.15) is 6.54 Å². The quantitative estimate of drug-likeness (QED) is 0.720. The highest BCUT2D eigenvalue weighted by Crippen LogP contribution is 2.62. The van der Waals surface area contributed by atoms with Gasteiger partial charge in [-0.05, 0) is 25.0 Å². The summed E-state index contributed by atoms with van der Waals surface area (Å²) in [6, 6.07) is -0.0927. The van der Waals surface area contributed by atoms with E-state index in [1.807, 2.05) is 4.31 Å². The third-order valence-electron chi connectivity index (χ3n) is 4.90. The fraction of sp³-hybridized carbons (Fsp3) is 0.867. The minimum atomic E-state index is -1.51. The minimum absolute atomic E-state index is 0.0137. The standard InChI is InChI=1S/C15H32N2O2S2/c1-14(2,3)20(7,8)16-11-12(18)17(13(16)19)21(9,10)15(4,5)6/h11H2,1-10H3.